The van der Waals surface area contributed by atoms with Crippen molar-refractivity contribution in [2.24, 2.45) is 16.7 Å². The van der Waals surface area contributed by atoms with Gasteiger partial charge < -0.3 is 19.5 Å². The van der Waals surface area contributed by atoms with Gasteiger partial charge in [-0.05, 0) is 60.3 Å². The van der Waals surface area contributed by atoms with Crippen LogP contribution in [0.3, 0.4) is 0 Å². The summed E-state index contributed by atoms with van der Waals surface area (Å²) < 4.78 is 11.5. The van der Waals surface area contributed by atoms with E-state index in [0.29, 0.717) is 24.7 Å². The van der Waals surface area contributed by atoms with Crippen molar-refractivity contribution in [1.29, 1.82) is 0 Å². The van der Waals surface area contributed by atoms with E-state index < -0.39 is 6.10 Å². The second kappa shape index (κ2) is 8.09. The van der Waals surface area contributed by atoms with Crippen molar-refractivity contribution in [3.8, 4) is 5.75 Å². The predicted molar refractivity (Wildman–Crippen MR) is 117 cm³/mol. The number of hydrogen-bond acceptors (Lipinski definition) is 5. The second-order valence-electron chi connectivity index (χ2n) is 10.1. The van der Waals surface area contributed by atoms with E-state index in [9.17, 15) is 5.11 Å². The number of methoxy groups -OCH3 is 1. The molecule has 4 atom stereocenters. The van der Waals surface area contributed by atoms with Gasteiger partial charge in [-0.2, -0.15) is 0 Å². The SMILES string of the molecule is COc1ccc(N2CCN(C[C@@H](O)CO[C@@H]3C[C@@H]4CC[C@@]3(C)C4(C)C)CC2)cc1. The number of benzene rings is 1. The van der Waals surface area contributed by atoms with Gasteiger partial charge in [-0.25, -0.2) is 0 Å². The Labute approximate surface area is 176 Å². The van der Waals surface area contributed by atoms with Crippen LogP contribution in [0.15, 0.2) is 24.3 Å². The summed E-state index contributed by atoms with van der Waals surface area (Å²) in [4.78, 5) is 4.76. The van der Waals surface area contributed by atoms with E-state index in [2.05, 4.69) is 42.7 Å². The van der Waals surface area contributed by atoms with Gasteiger partial charge in [0.2, 0.25) is 0 Å². The third-order valence-electron chi connectivity index (χ3n) is 8.48. The predicted octanol–water partition coefficient (Wildman–Crippen LogP) is 3.41. The van der Waals surface area contributed by atoms with Crippen molar-refractivity contribution in [3.63, 3.8) is 0 Å². The van der Waals surface area contributed by atoms with Crippen LogP contribution in [0, 0.1) is 16.7 Å². The van der Waals surface area contributed by atoms with Crippen LogP contribution in [0.25, 0.3) is 0 Å². The lowest BCUT2D eigenvalue weighted by atomic mass is 9.70. The molecule has 1 aromatic carbocycles. The molecule has 29 heavy (non-hydrogen) atoms. The number of hydrogen-bond donors (Lipinski definition) is 1. The molecule has 2 aliphatic carbocycles. The number of aliphatic hydroxyl groups is 1. The van der Waals surface area contributed by atoms with Crippen LogP contribution in [0.4, 0.5) is 5.69 Å². The van der Waals surface area contributed by atoms with Crippen LogP contribution in [-0.4, -0.2) is 68.7 Å². The fourth-order valence-corrected chi connectivity index (χ4v) is 5.94. The van der Waals surface area contributed by atoms with E-state index in [-0.39, 0.29) is 5.41 Å². The lowest BCUT2D eigenvalue weighted by molar-refractivity contribution is -0.0794. The first-order chi connectivity index (χ1) is 13.8. The molecule has 1 saturated heterocycles. The van der Waals surface area contributed by atoms with Gasteiger partial charge in [0, 0.05) is 38.4 Å². The molecule has 2 bridgehead atoms. The maximum absolute atomic E-state index is 10.6. The smallest absolute Gasteiger partial charge is 0.119 e. The van der Waals surface area contributed by atoms with Crippen LogP contribution in [-0.2, 0) is 4.74 Å². The van der Waals surface area contributed by atoms with E-state index in [0.717, 1.165) is 44.3 Å². The highest BCUT2D eigenvalue weighted by molar-refractivity contribution is 5.49. The summed E-state index contributed by atoms with van der Waals surface area (Å²) in [6, 6.07) is 8.27. The summed E-state index contributed by atoms with van der Waals surface area (Å²) in [6.07, 6.45) is 3.66. The molecule has 5 nitrogen and oxygen atoms in total. The van der Waals surface area contributed by atoms with Crippen LogP contribution < -0.4 is 9.64 Å². The normalized spacial score (nSPS) is 32.5. The van der Waals surface area contributed by atoms with Crippen LogP contribution >= 0.6 is 0 Å². The monoisotopic (exact) mass is 402 g/mol. The molecule has 5 heteroatoms. The first-order valence-electron chi connectivity index (χ1n) is 11.2. The summed E-state index contributed by atoms with van der Waals surface area (Å²) >= 11 is 0. The van der Waals surface area contributed by atoms with Crippen molar-refractivity contribution in [2.75, 3.05) is 51.3 Å². The average molecular weight is 403 g/mol. The third kappa shape index (κ3) is 3.89. The van der Waals surface area contributed by atoms with Gasteiger partial charge >= 0.3 is 0 Å². The lowest BCUT2D eigenvalue weighted by Gasteiger charge is -2.39. The molecule has 2 saturated carbocycles. The Kier molecular flexibility index (Phi) is 5.84. The molecule has 0 aromatic heterocycles. The number of β-amino-alcohol motifs (C(OH)–C–C–N with tert-alkyl or cyclic N) is 1. The standard InChI is InChI=1S/C24H38N2O3/c1-23(2)18-9-10-24(23,3)22(15-18)29-17-20(27)16-25-11-13-26(14-12-25)19-5-7-21(28-4)8-6-19/h5-8,18,20,22,27H,9-17H2,1-4H3/t18-,20+,22+,24+/m0/s1. The number of rotatable bonds is 7. The summed E-state index contributed by atoms with van der Waals surface area (Å²) in [5, 5.41) is 10.6. The number of fused-ring (bicyclic) bond motifs is 2. The molecule has 0 unspecified atom stereocenters. The molecule has 1 aromatic rings. The second-order valence-corrected chi connectivity index (χ2v) is 10.1. The molecule has 4 rings (SSSR count). The topological polar surface area (TPSA) is 45.2 Å². The lowest BCUT2D eigenvalue weighted by Crippen LogP contribution is -2.49. The summed E-state index contributed by atoms with van der Waals surface area (Å²) in [5.74, 6) is 1.67. The molecule has 0 amide bonds. The molecule has 1 N–H and O–H groups in total. The fourth-order valence-electron chi connectivity index (χ4n) is 5.94. The van der Waals surface area contributed by atoms with Gasteiger partial charge in [-0.1, -0.05) is 20.8 Å². The van der Waals surface area contributed by atoms with E-state index in [1.54, 1.807) is 7.11 Å². The number of aliphatic hydroxyl groups excluding tert-OH is 1. The van der Waals surface area contributed by atoms with E-state index in [4.69, 9.17) is 9.47 Å². The molecule has 0 radical (unpaired) electrons. The third-order valence-corrected chi connectivity index (χ3v) is 8.48. The van der Waals surface area contributed by atoms with Crippen molar-refractivity contribution in [1.82, 2.24) is 4.90 Å². The highest BCUT2D eigenvalue weighted by Gasteiger charge is 2.61. The van der Waals surface area contributed by atoms with Crippen LogP contribution in [0.2, 0.25) is 0 Å². The molecule has 1 aliphatic heterocycles. The highest BCUT2D eigenvalue weighted by Crippen LogP contribution is 2.66. The fraction of sp³-hybridized carbons (Fsp3) is 0.750. The van der Waals surface area contributed by atoms with E-state index in [1.165, 1.54) is 18.5 Å². The minimum Gasteiger partial charge on any atom is -0.497 e. The largest absolute Gasteiger partial charge is 0.497 e. The van der Waals surface area contributed by atoms with Gasteiger partial charge in [-0.15, -0.1) is 0 Å². The molecular weight excluding hydrogens is 364 g/mol. The molecule has 162 valence electrons. The van der Waals surface area contributed by atoms with Crippen molar-refractivity contribution < 1.29 is 14.6 Å². The molecule has 1 heterocycles. The van der Waals surface area contributed by atoms with Gasteiger partial charge in [0.25, 0.3) is 0 Å². The Morgan fingerprint density at radius 2 is 1.79 bits per heavy atom. The Morgan fingerprint density at radius 1 is 1.10 bits per heavy atom. The molecule has 3 fully saturated rings. The Hall–Kier alpha value is -1.30. The van der Waals surface area contributed by atoms with Gasteiger partial charge in [0.15, 0.2) is 0 Å². The van der Waals surface area contributed by atoms with Gasteiger partial charge in [-0.3, -0.25) is 4.90 Å². The van der Waals surface area contributed by atoms with Gasteiger partial charge in [0.1, 0.15) is 5.75 Å². The van der Waals surface area contributed by atoms with Crippen molar-refractivity contribution in [2.45, 2.75) is 52.2 Å². The quantitative estimate of drug-likeness (QED) is 0.757. The number of piperazine rings is 1. The summed E-state index contributed by atoms with van der Waals surface area (Å²) in [5.41, 5.74) is 1.86. The minimum atomic E-state index is -0.409. The highest BCUT2D eigenvalue weighted by atomic mass is 16.5. The number of ether oxygens (including phenoxy) is 2. The Balaban J connectivity index is 1.21. The molecule has 3 aliphatic rings. The summed E-state index contributed by atoms with van der Waals surface area (Å²) in [6.45, 7) is 12.3. The van der Waals surface area contributed by atoms with Crippen LogP contribution in [0.1, 0.15) is 40.0 Å². The number of nitrogens with zero attached hydrogens (tertiary/aromatic N) is 2. The maximum Gasteiger partial charge on any atom is 0.119 e. The first kappa shape index (κ1) is 21.0. The van der Waals surface area contributed by atoms with Crippen molar-refractivity contribution in [3.05, 3.63) is 24.3 Å². The van der Waals surface area contributed by atoms with Crippen molar-refractivity contribution >= 4 is 5.69 Å². The maximum atomic E-state index is 10.6. The minimum absolute atomic E-state index is 0.265. The zero-order chi connectivity index (χ0) is 20.6. The Bertz CT molecular complexity index is 684. The first-order valence-corrected chi connectivity index (χ1v) is 11.2. The zero-order valence-electron chi connectivity index (χ0n) is 18.6. The number of anilines is 1. The molecular formula is C24H38N2O3. The Morgan fingerprint density at radius 3 is 2.34 bits per heavy atom. The van der Waals surface area contributed by atoms with Crippen LogP contribution in [0.5, 0.6) is 5.75 Å². The average Bonchev–Trinajstić information content (AvgIpc) is 3.06. The molecule has 0 spiro atoms. The van der Waals surface area contributed by atoms with E-state index in [1.807, 2.05) is 12.1 Å². The van der Waals surface area contributed by atoms with Gasteiger partial charge in [0.05, 0.1) is 25.9 Å². The van der Waals surface area contributed by atoms with E-state index >= 15 is 0 Å². The summed E-state index contributed by atoms with van der Waals surface area (Å²) in [7, 11) is 1.70. The zero-order valence-corrected chi connectivity index (χ0v) is 18.6.